The number of rotatable bonds is 10. The van der Waals surface area contributed by atoms with E-state index in [1.807, 2.05) is 12.1 Å². The van der Waals surface area contributed by atoms with Crippen molar-refractivity contribution in [3.05, 3.63) is 53.6 Å². The second-order valence-electron chi connectivity index (χ2n) is 6.14. The highest BCUT2D eigenvalue weighted by atomic mass is 16.5. The number of aliphatic carboxylic acids is 1. The third-order valence-corrected chi connectivity index (χ3v) is 4.35. The molecule has 1 unspecified atom stereocenters. The Bertz CT molecular complexity index is 803. The van der Waals surface area contributed by atoms with E-state index in [-0.39, 0.29) is 12.3 Å². The molecule has 1 atom stereocenters. The van der Waals surface area contributed by atoms with E-state index in [1.54, 1.807) is 44.6 Å². The Hall–Kier alpha value is -3.22. The summed E-state index contributed by atoms with van der Waals surface area (Å²) in [6.45, 7) is 0. The zero-order valence-corrected chi connectivity index (χ0v) is 16.2. The van der Waals surface area contributed by atoms with E-state index in [0.29, 0.717) is 35.7 Å². The normalized spacial score (nSPS) is 11.4. The molecule has 1 amide bonds. The van der Waals surface area contributed by atoms with Crippen LogP contribution in [0.2, 0.25) is 0 Å². The fraction of sp³-hybridized carbons (Fsp3) is 0.333. The summed E-state index contributed by atoms with van der Waals surface area (Å²) in [5.74, 6) is 0.572. The summed E-state index contributed by atoms with van der Waals surface area (Å²) in [7, 11) is 4.70. The van der Waals surface area contributed by atoms with Crippen LogP contribution in [0.4, 0.5) is 0 Å². The van der Waals surface area contributed by atoms with E-state index < -0.39 is 12.0 Å². The van der Waals surface area contributed by atoms with Gasteiger partial charge >= 0.3 is 5.97 Å². The van der Waals surface area contributed by atoms with Crippen molar-refractivity contribution < 1.29 is 28.9 Å². The Kier molecular flexibility index (Phi) is 7.68. The summed E-state index contributed by atoms with van der Waals surface area (Å²) in [6.07, 6.45) is 1.39. The van der Waals surface area contributed by atoms with E-state index in [9.17, 15) is 14.7 Å². The van der Waals surface area contributed by atoms with E-state index >= 15 is 0 Å². The largest absolute Gasteiger partial charge is 0.497 e. The fourth-order valence-corrected chi connectivity index (χ4v) is 2.81. The standard InChI is InChI=1S/C21H25NO6/c1-26-16-10-8-15(9-11-16)20(21(24)25)22-19(23)6-4-5-14-7-12-17(27-2)13-18(14)28-3/h7-13,20H,4-6H2,1-3H3,(H,22,23)(H,24,25). The second kappa shape index (κ2) is 10.2. The number of carboxylic acids is 1. The number of aryl methyl sites for hydroxylation is 1. The van der Waals surface area contributed by atoms with Crippen LogP contribution in [0.5, 0.6) is 17.2 Å². The van der Waals surface area contributed by atoms with Gasteiger partial charge in [-0.3, -0.25) is 4.79 Å². The second-order valence-corrected chi connectivity index (χ2v) is 6.14. The van der Waals surface area contributed by atoms with Crippen LogP contribution >= 0.6 is 0 Å². The number of ether oxygens (including phenoxy) is 3. The SMILES string of the molecule is COc1ccc(C(NC(=O)CCCc2ccc(OC)cc2OC)C(=O)O)cc1. The smallest absolute Gasteiger partial charge is 0.330 e. The maximum atomic E-state index is 12.2. The number of carboxylic acid groups (broad SMARTS) is 1. The van der Waals surface area contributed by atoms with E-state index in [1.165, 1.54) is 7.11 Å². The van der Waals surface area contributed by atoms with Crippen LogP contribution in [-0.2, 0) is 16.0 Å². The van der Waals surface area contributed by atoms with Crippen molar-refractivity contribution >= 4 is 11.9 Å². The molecular formula is C21H25NO6. The molecule has 7 nitrogen and oxygen atoms in total. The molecule has 0 aromatic heterocycles. The minimum Gasteiger partial charge on any atom is -0.497 e. The minimum absolute atomic E-state index is 0.203. The van der Waals surface area contributed by atoms with Crippen molar-refractivity contribution in [3.8, 4) is 17.2 Å². The molecule has 28 heavy (non-hydrogen) atoms. The first-order chi connectivity index (χ1) is 13.5. The third kappa shape index (κ3) is 5.64. The Morgan fingerprint density at radius 3 is 2.18 bits per heavy atom. The van der Waals surface area contributed by atoms with Crippen molar-refractivity contribution in [2.45, 2.75) is 25.3 Å². The average molecular weight is 387 g/mol. The van der Waals surface area contributed by atoms with E-state index in [0.717, 1.165) is 5.56 Å². The lowest BCUT2D eigenvalue weighted by atomic mass is 10.0. The van der Waals surface area contributed by atoms with Gasteiger partial charge in [-0.15, -0.1) is 0 Å². The lowest BCUT2D eigenvalue weighted by molar-refractivity contribution is -0.142. The Morgan fingerprint density at radius 1 is 0.964 bits per heavy atom. The average Bonchev–Trinajstić information content (AvgIpc) is 2.72. The predicted molar refractivity (Wildman–Crippen MR) is 104 cm³/mol. The number of hydrogen-bond acceptors (Lipinski definition) is 5. The van der Waals surface area contributed by atoms with Gasteiger partial charge in [0.15, 0.2) is 6.04 Å². The molecule has 0 radical (unpaired) electrons. The third-order valence-electron chi connectivity index (χ3n) is 4.35. The van der Waals surface area contributed by atoms with Crippen LogP contribution < -0.4 is 19.5 Å². The molecule has 0 fully saturated rings. The first kappa shape index (κ1) is 21.1. The molecule has 0 bridgehead atoms. The van der Waals surface area contributed by atoms with Gasteiger partial charge in [-0.05, 0) is 42.2 Å². The Labute approximate surface area is 164 Å². The lowest BCUT2D eigenvalue weighted by Gasteiger charge is -2.15. The number of carbonyl (C=O) groups is 2. The molecule has 0 heterocycles. The van der Waals surface area contributed by atoms with Crippen molar-refractivity contribution in [2.75, 3.05) is 21.3 Å². The quantitative estimate of drug-likeness (QED) is 0.651. The van der Waals surface area contributed by atoms with Gasteiger partial charge in [-0.25, -0.2) is 4.79 Å². The summed E-state index contributed by atoms with van der Waals surface area (Å²) in [6, 6.07) is 11.0. The molecule has 7 heteroatoms. The summed E-state index contributed by atoms with van der Waals surface area (Å²) >= 11 is 0. The zero-order chi connectivity index (χ0) is 20.5. The molecule has 0 saturated heterocycles. The molecule has 2 aromatic rings. The molecule has 2 aromatic carbocycles. The Balaban J connectivity index is 1.93. The summed E-state index contributed by atoms with van der Waals surface area (Å²) in [5.41, 5.74) is 1.44. The summed E-state index contributed by atoms with van der Waals surface area (Å²) in [4.78, 5) is 23.8. The molecule has 0 saturated carbocycles. The molecular weight excluding hydrogens is 362 g/mol. The summed E-state index contributed by atoms with van der Waals surface area (Å²) < 4.78 is 15.6. The van der Waals surface area contributed by atoms with Gasteiger partial charge in [0.2, 0.25) is 5.91 Å². The fourth-order valence-electron chi connectivity index (χ4n) is 2.81. The van der Waals surface area contributed by atoms with Gasteiger partial charge in [0.05, 0.1) is 21.3 Å². The molecule has 0 aliphatic heterocycles. The van der Waals surface area contributed by atoms with Gasteiger partial charge in [-0.2, -0.15) is 0 Å². The van der Waals surface area contributed by atoms with E-state index in [4.69, 9.17) is 14.2 Å². The minimum atomic E-state index is -1.12. The van der Waals surface area contributed by atoms with Gasteiger partial charge in [0.1, 0.15) is 17.2 Å². The van der Waals surface area contributed by atoms with Crippen LogP contribution in [0.1, 0.15) is 30.0 Å². The van der Waals surface area contributed by atoms with Crippen LogP contribution in [-0.4, -0.2) is 38.3 Å². The van der Waals surface area contributed by atoms with Crippen molar-refractivity contribution in [1.29, 1.82) is 0 Å². The highest BCUT2D eigenvalue weighted by molar-refractivity contribution is 5.84. The number of hydrogen-bond donors (Lipinski definition) is 2. The molecule has 2 rings (SSSR count). The molecule has 2 N–H and O–H groups in total. The van der Waals surface area contributed by atoms with Gasteiger partial charge < -0.3 is 24.6 Å². The molecule has 0 aliphatic carbocycles. The van der Waals surface area contributed by atoms with Gasteiger partial charge in [-0.1, -0.05) is 18.2 Å². The number of benzene rings is 2. The highest BCUT2D eigenvalue weighted by Crippen LogP contribution is 2.26. The maximum absolute atomic E-state index is 12.2. The van der Waals surface area contributed by atoms with Crippen LogP contribution in [0, 0.1) is 0 Å². The number of nitrogens with one attached hydrogen (secondary N) is 1. The van der Waals surface area contributed by atoms with Crippen molar-refractivity contribution in [1.82, 2.24) is 5.32 Å². The molecule has 150 valence electrons. The first-order valence-corrected chi connectivity index (χ1v) is 8.85. The predicted octanol–water partition coefficient (Wildman–Crippen LogP) is 2.98. The number of methoxy groups -OCH3 is 3. The van der Waals surface area contributed by atoms with Gasteiger partial charge in [0, 0.05) is 12.5 Å². The maximum Gasteiger partial charge on any atom is 0.330 e. The van der Waals surface area contributed by atoms with Crippen LogP contribution in [0.15, 0.2) is 42.5 Å². The van der Waals surface area contributed by atoms with Crippen molar-refractivity contribution in [3.63, 3.8) is 0 Å². The van der Waals surface area contributed by atoms with E-state index in [2.05, 4.69) is 5.32 Å². The lowest BCUT2D eigenvalue weighted by Crippen LogP contribution is -2.33. The summed E-state index contributed by atoms with van der Waals surface area (Å²) in [5, 5.41) is 12.0. The molecule has 0 aliphatic rings. The van der Waals surface area contributed by atoms with Crippen molar-refractivity contribution in [2.24, 2.45) is 0 Å². The Morgan fingerprint density at radius 2 is 1.61 bits per heavy atom. The number of amides is 1. The molecule has 0 spiro atoms. The monoisotopic (exact) mass is 387 g/mol. The topological polar surface area (TPSA) is 94.1 Å². The van der Waals surface area contributed by atoms with Crippen LogP contribution in [0.3, 0.4) is 0 Å². The zero-order valence-electron chi connectivity index (χ0n) is 16.2. The van der Waals surface area contributed by atoms with Crippen LogP contribution in [0.25, 0.3) is 0 Å². The highest BCUT2D eigenvalue weighted by Gasteiger charge is 2.22. The first-order valence-electron chi connectivity index (χ1n) is 8.85. The van der Waals surface area contributed by atoms with Gasteiger partial charge in [0.25, 0.3) is 0 Å². The number of carbonyl (C=O) groups excluding carboxylic acids is 1.